The van der Waals surface area contributed by atoms with E-state index in [0.717, 1.165) is 22.5 Å². The monoisotopic (exact) mass is 414 g/mol. The van der Waals surface area contributed by atoms with Crippen LogP contribution in [0.15, 0.2) is 84.9 Å². The molecule has 31 heavy (non-hydrogen) atoms. The van der Waals surface area contributed by atoms with Crippen LogP contribution in [0.25, 0.3) is 0 Å². The molecule has 1 aliphatic heterocycles. The molecule has 0 radical (unpaired) electrons. The predicted molar refractivity (Wildman–Crippen MR) is 122 cm³/mol. The van der Waals surface area contributed by atoms with Gasteiger partial charge in [-0.3, -0.25) is 9.59 Å². The van der Waals surface area contributed by atoms with E-state index < -0.39 is 11.5 Å². The number of rotatable bonds is 6. The zero-order valence-electron chi connectivity index (χ0n) is 17.7. The zero-order valence-corrected chi connectivity index (χ0v) is 17.7. The SMILES string of the molecule is CC1(C)Nc2ccccc2N(CCOC(=O)C(c2ccccc2)c2ccccc2)C1=O. The van der Waals surface area contributed by atoms with Crippen molar-refractivity contribution >= 4 is 23.3 Å². The molecule has 0 atom stereocenters. The van der Waals surface area contributed by atoms with E-state index in [-0.39, 0.29) is 18.5 Å². The first-order valence-electron chi connectivity index (χ1n) is 10.4. The Balaban J connectivity index is 1.51. The number of amides is 1. The lowest BCUT2D eigenvalue weighted by atomic mass is 9.91. The Hall–Kier alpha value is -3.60. The number of nitrogens with one attached hydrogen (secondary N) is 1. The van der Waals surface area contributed by atoms with Gasteiger partial charge in [0.15, 0.2) is 0 Å². The van der Waals surface area contributed by atoms with E-state index in [1.807, 2.05) is 98.8 Å². The average Bonchev–Trinajstić information content (AvgIpc) is 2.78. The number of anilines is 2. The third kappa shape index (κ3) is 4.31. The lowest BCUT2D eigenvalue weighted by molar-refractivity contribution is -0.144. The minimum atomic E-state index is -0.727. The Bertz CT molecular complexity index is 1020. The molecule has 0 fully saturated rings. The van der Waals surface area contributed by atoms with Crippen LogP contribution in [0.3, 0.4) is 0 Å². The van der Waals surface area contributed by atoms with E-state index in [9.17, 15) is 9.59 Å². The Kier molecular flexibility index (Phi) is 5.76. The van der Waals surface area contributed by atoms with Gasteiger partial charge >= 0.3 is 5.97 Å². The number of carbonyl (C=O) groups excluding carboxylic acids is 2. The van der Waals surface area contributed by atoms with Crippen molar-refractivity contribution in [3.63, 3.8) is 0 Å². The van der Waals surface area contributed by atoms with E-state index in [1.54, 1.807) is 4.90 Å². The summed E-state index contributed by atoms with van der Waals surface area (Å²) in [5.41, 5.74) is 2.72. The molecule has 0 saturated heterocycles. The number of esters is 1. The molecule has 1 amide bonds. The van der Waals surface area contributed by atoms with Gasteiger partial charge in [0, 0.05) is 0 Å². The molecule has 1 heterocycles. The smallest absolute Gasteiger partial charge is 0.317 e. The average molecular weight is 415 g/mol. The van der Waals surface area contributed by atoms with Crippen molar-refractivity contribution in [1.29, 1.82) is 0 Å². The lowest BCUT2D eigenvalue weighted by Crippen LogP contribution is -2.54. The van der Waals surface area contributed by atoms with Crippen LogP contribution in [0.5, 0.6) is 0 Å². The van der Waals surface area contributed by atoms with Crippen molar-refractivity contribution in [2.45, 2.75) is 25.3 Å². The van der Waals surface area contributed by atoms with Crippen LogP contribution in [0, 0.1) is 0 Å². The second-order valence-corrected chi connectivity index (χ2v) is 8.15. The zero-order chi connectivity index (χ0) is 21.8. The Morgan fingerprint density at radius 3 is 2.06 bits per heavy atom. The van der Waals surface area contributed by atoms with Crippen molar-refractivity contribution < 1.29 is 14.3 Å². The highest BCUT2D eigenvalue weighted by atomic mass is 16.5. The molecule has 5 heteroatoms. The molecule has 3 aromatic rings. The van der Waals surface area contributed by atoms with Gasteiger partial charge < -0.3 is 15.0 Å². The van der Waals surface area contributed by atoms with Crippen LogP contribution in [-0.2, 0) is 14.3 Å². The molecule has 0 saturated carbocycles. The van der Waals surface area contributed by atoms with E-state index in [1.165, 1.54) is 0 Å². The van der Waals surface area contributed by atoms with Gasteiger partial charge in [-0.1, -0.05) is 72.8 Å². The standard InChI is InChI=1S/C26H26N2O3/c1-26(2)25(30)28(22-16-10-9-15-21(22)27-26)17-18-31-24(29)23(19-11-5-3-6-12-19)20-13-7-4-8-14-20/h3-16,23,27H,17-18H2,1-2H3. The molecule has 0 spiro atoms. The summed E-state index contributed by atoms with van der Waals surface area (Å²) in [7, 11) is 0. The summed E-state index contributed by atoms with van der Waals surface area (Å²) in [6, 6.07) is 26.9. The third-order valence-electron chi connectivity index (χ3n) is 5.48. The van der Waals surface area contributed by atoms with Crippen molar-refractivity contribution in [1.82, 2.24) is 0 Å². The summed E-state index contributed by atoms with van der Waals surface area (Å²) >= 11 is 0. The lowest BCUT2D eigenvalue weighted by Gasteiger charge is -2.39. The van der Waals surface area contributed by atoms with Gasteiger partial charge in [0.25, 0.3) is 5.91 Å². The highest BCUT2D eigenvalue weighted by Crippen LogP contribution is 2.35. The number of hydrogen-bond acceptors (Lipinski definition) is 4. The molecule has 1 aliphatic rings. The number of hydrogen-bond donors (Lipinski definition) is 1. The highest BCUT2D eigenvalue weighted by molar-refractivity contribution is 6.07. The van der Waals surface area contributed by atoms with Crippen LogP contribution in [0.2, 0.25) is 0 Å². The van der Waals surface area contributed by atoms with Gasteiger partial charge in [-0.25, -0.2) is 0 Å². The van der Waals surface area contributed by atoms with Crippen LogP contribution in [0.4, 0.5) is 11.4 Å². The second-order valence-electron chi connectivity index (χ2n) is 8.15. The van der Waals surface area contributed by atoms with Gasteiger partial charge in [-0.05, 0) is 37.1 Å². The van der Waals surface area contributed by atoms with Crippen LogP contribution >= 0.6 is 0 Å². The van der Waals surface area contributed by atoms with E-state index in [4.69, 9.17) is 4.74 Å². The van der Waals surface area contributed by atoms with Crippen molar-refractivity contribution in [2.24, 2.45) is 0 Å². The van der Waals surface area contributed by atoms with Gasteiger partial charge in [0.1, 0.15) is 18.1 Å². The molecule has 3 aromatic carbocycles. The quantitative estimate of drug-likeness (QED) is 0.599. The number of ether oxygens (including phenoxy) is 1. The third-order valence-corrected chi connectivity index (χ3v) is 5.48. The number of nitrogens with zero attached hydrogens (tertiary/aromatic N) is 1. The summed E-state index contributed by atoms with van der Waals surface area (Å²) in [5, 5.41) is 3.28. The molecule has 4 rings (SSSR count). The van der Waals surface area contributed by atoms with Crippen LogP contribution in [-0.4, -0.2) is 30.6 Å². The molecule has 1 N–H and O–H groups in total. The van der Waals surface area contributed by atoms with Gasteiger partial charge in [-0.15, -0.1) is 0 Å². The minimum Gasteiger partial charge on any atom is -0.463 e. The maximum Gasteiger partial charge on any atom is 0.317 e. The predicted octanol–water partition coefficient (Wildman–Crippen LogP) is 4.60. The van der Waals surface area contributed by atoms with Gasteiger partial charge in [0.2, 0.25) is 0 Å². The number of para-hydroxylation sites is 2. The Labute approximate surface area is 182 Å². The fourth-order valence-corrected chi connectivity index (χ4v) is 3.95. The molecule has 0 bridgehead atoms. The number of benzene rings is 3. The molecule has 5 nitrogen and oxygen atoms in total. The summed E-state index contributed by atoms with van der Waals surface area (Å²) in [6.45, 7) is 4.12. The first kappa shape index (κ1) is 20.7. The molecule has 0 aliphatic carbocycles. The summed E-state index contributed by atoms with van der Waals surface area (Å²) in [4.78, 5) is 27.8. The second kappa shape index (κ2) is 8.64. The fraction of sp³-hybridized carbons (Fsp3) is 0.231. The number of fused-ring (bicyclic) bond motifs is 1. The van der Waals surface area contributed by atoms with E-state index in [0.29, 0.717) is 6.54 Å². The van der Waals surface area contributed by atoms with Crippen LogP contribution < -0.4 is 10.2 Å². The summed E-state index contributed by atoms with van der Waals surface area (Å²) in [5.74, 6) is -0.887. The van der Waals surface area contributed by atoms with E-state index >= 15 is 0 Å². The van der Waals surface area contributed by atoms with Gasteiger partial charge in [0.05, 0.1) is 17.9 Å². The van der Waals surface area contributed by atoms with Crippen molar-refractivity contribution in [3.05, 3.63) is 96.1 Å². The molecular weight excluding hydrogens is 388 g/mol. The Morgan fingerprint density at radius 2 is 1.45 bits per heavy atom. The summed E-state index contributed by atoms with van der Waals surface area (Å²) < 4.78 is 5.69. The fourth-order valence-electron chi connectivity index (χ4n) is 3.95. The molecular formula is C26H26N2O3. The maximum absolute atomic E-state index is 13.1. The largest absolute Gasteiger partial charge is 0.463 e. The van der Waals surface area contributed by atoms with Crippen molar-refractivity contribution in [2.75, 3.05) is 23.4 Å². The number of carbonyl (C=O) groups is 2. The molecule has 0 aromatic heterocycles. The van der Waals surface area contributed by atoms with Crippen LogP contribution in [0.1, 0.15) is 30.9 Å². The molecule has 158 valence electrons. The summed E-state index contributed by atoms with van der Waals surface area (Å²) in [6.07, 6.45) is 0. The first-order valence-corrected chi connectivity index (χ1v) is 10.4. The highest BCUT2D eigenvalue weighted by Gasteiger charge is 2.38. The van der Waals surface area contributed by atoms with E-state index in [2.05, 4.69) is 5.32 Å². The first-order chi connectivity index (χ1) is 15.0. The topological polar surface area (TPSA) is 58.6 Å². The Morgan fingerprint density at radius 1 is 0.903 bits per heavy atom. The van der Waals surface area contributed by atoms with Gasteiger partial charge in [-0.2, -0.15) is 0 Å². The normalized spacial score (nSPS) is 14.7. The minimum absolute atomic E-state index is 0.0510. The van der Waals surface area contributed by atoms with Crippen molar-refractivity contribution in [3.8, 4) is 0 Å². The molecule has 0 unspecified atom stereocenters. The maximum atomic E-state index is 13.1.